The molecule has 3 atom stereocenters. The molecule has 1 fully saturated rings. The lowest BCUT2D eigenvalue weighted by molar-refractivity contribution is 0.100. The number of halogens is 1. The second-order valence-electron chi connectivity index (χ2n) is 9.28. The molecule has 0 spiro atoms. The monoisotopic (exact) mass is 480 g/mol. The Labute approximate surface area is 204 Å². The number of anilines is 3. The zero-order valence-electron chi connectivity index (χ0n) is 20.2. The summed E-state index contributed by atoms with van der Waals surface area (Å²) in [7, 11) is 0. The molecule has 0 aliphatic heterocycles. The molecule has 2 unspecified atom stereocenters. The van der Waals surface area contributed by atoms with E-state index in [2.05, 4.69) is 34.4 Å². The predicted molar refractivity (Wildman–Crippen MR) is 137 cm³/mol. The van der Waals surface area contributed by atoms with Crippen molar-refractivity contribution >= 4 is 34.1 Å². The van der Waals surface area contributed by atoms with E-state index in [0.717, 1.165) is 49.1 Å². The van der Waals surface area contributed by atoms with Crippen molar-refractivity contribution in [3.63, 3.8) is 0 Å². The maximum Gasteiger partial charge on any atom is 0.252 e. The maximum atomic E-state index is 14.8. The summed E-state index contributed by atoms with van der Waals surface area (Å²) in [6.07, 6.45) is 4.83. The average molecular weight is 481 g/mol. The molecule has 8 nitrogen and oxygen atoms in total. The fourth-order valence-electron chi connectivity index (χ4n) is 4.13. The first-order valence-electron chi connectivity index (χ1n) is 12.2. The second-order valence-corrected chi connectivity index (χ2v) is 9.28. The molecule has 9 heteroatoms. The Kier molecular flexibility index (Phi) is 7.65. The van der Waals surface area contributed by atoms with Crippen LogP contribution in [0.2, 0.25) is 0 Å². The minimum atomic E-state index is -0.773. The predicted octanol–water partition coefficient (Wildman–Crippen LogP) is 4.72. The van der Waals surface area contributed by atoms with Crippen LogP contribution in [0.3, 0.4) is 0 Å². The van der Waals surface area contributed by atoms with E-state index in [1.54, 1.807) is 0 Å². The summed E-state index contributed by atoms with van der Waals surface area (Å²) >= 11 is 0. The Balaban J connectivity index is 1.57. The van der Waals surface area contributed by atoms with Gasteiger partial charge in [0, 0.05) is 29.2 Å². The highest BCUT2D eigenvalue weighted by molar-refractivity contribution is 5.99. The molecular weight excluding hydrogens is 447 g/mol. The van der Waals surface area contributed by atoms with Crippen LogP contribution in [0.4, 0.5) is 21.7 Å². The molecule has 0 radical (unpaired) electrons. The van der Waals surface area contributed by atoms with Crippen LogP contribution in [-0.2, 0) is 0 Å². The molecule has 186 valence electrons. The van der Waals surface area contributed by atoms with E-state index in [9.17, 15) is 9.18 Å². The first-order valence-corrected chi connectivity index (χ1v) is 12.2. The Bertz CT molecular complexity index is 1200. The smallest absolute Gasteiger partial charge is 0.252 e. The van der Waals surface area contributed by atoms with Crippen LogP contribution in [0.5, 0.6) is 5.88 Å². The number of carbonyl (C=O) groups excluding carboxylic acids is 1. The largest absolute Gasteiger partial charge is 0.477 e. The number of hydrogen-bond acceptors (Lipinski definition) is 7. The summed E-state index contributed by atoms with van der Waals surface area (Å²) < 4.78 is 20.6. The summed E-state index contributed by atoms with van der Waals surface area (Å²) in [5.41, 5.74) is 13.1. The van der Waals surface area contributed by atoms with Gasteiger partial charge in [-0.2, -0.15) is 0 Å². The van der Waals surface area contributed by atoms with Gasteiger partial charge in [0.05, 0.1) is 17.7 Å². The lowest BCUT2D eigenvalue weighted by atomic mass is 9.91. The van der Waals surface area contributed by atoms with Gasteiger partial charge in [-0.05, 0) is 49.1 Å². The van der Waals surface area contributed by atoms with E-state index >= 15 is 0 Å². The maximum absolute atomic E-state index is 14.8. The summed E-state index contributed by atoms with van der Waals surface area (Å²) in [5, 5.41) is 7.11. The van der Waals surface area contributed by atoms with Crippen molar-refractivity contribution < 1.29 is 13.9 Å². The van der Waals surface area contributed by atoms with E-state index in [1.165, 1.54) is 0 Å². The van der Waals surface area contributed by atoms with E-state index in [1.807, 2.05) is 30.3 Å². The highest BCUT2D eigenvalue weighted by atomic mass is 19.1. The van der Waals surface area contributed by atoms with E-state index in [0.29, 0.717) is 24.1 Å². The van der Waals surface area contributed by atoms with Crippen molar-refractivity contribution in [2.45, 2.75) is 58.0 Å². The molecule has 2 aromatic heterocycles. The fraction of sp³-hybridized carbons (Fsp3) is 0.423. The number of fused-ring (bicyclic) bond motifs is 1. The van der Waals surface area contributed by atoms with Crippen molar-refractivity contribution in [2.75, 3.05) is 17.2 Å². The summed E-state index contributed by atoms with van der Waals surface area (Å²) in [4.78, 5) is 20.9. The normalized spacial score (nSPS) is 18.7. The number of hydrogen-bond donors (Lipinski definition) is 4. The third-order valence-corrected chi connectivity index (χ3v) is 6.52. The van der Waals surface area contributed by atoms with Crippen LogP contribution in [0.15, 0.2) is 36.4 Å². The highest BCUT2D eigenvalue weighted by Gasteiger charge is 2.24. The first-order chi connectivity index (χ1) is 16.8. The zero-order chi connectivity index (χ0) is 24.9. The summed E-state index contributed by atoms with van der Waals surface area (Å²) in [5.74, 6) is -0.168. The van der Waals surface area contributed by atoms with Gasteiger partial charge in [-0.15, -0.1) is 0 Å². The Morgan fingerprint density at radius 3 is 2.71 bits per heavy atom. The number of primary amides is 1. The van der Waals surface area contributed by atoms with Crippen LogP contribution in [0.1, 0.15) is 56.3 Å². The molecule has 1 aliphatic carbocycles. The molecule has 3 aromatic rings. The number of pyridine rings is 2. The average Bonchev–Trinajstić information content (AvgIpc) is 2.85. The SMILES string of the molecule is CC[C@H](C)COc1ccc2cc(Nc3nc(NC4CCCCC4N)c(F)cc3C(N)=O)ccc2n1. The topological polar surface area (TPSA) is 128 Å². The number of nitrogens with two attached hydrogens (primary N) is 2. The number of rotatable bonds is 9. The summed E-state index contributed by atoms with van der Waals surface area (Å²) in [6.45, 7) is 4.87. The Morgan fingerprint density at radius 1 is 1.17 bits per heavy atom. The van der Waals surface area contributed by atoms with Crippen molar-refractivity contribution in [3.8, 4) is 5.88 Å². The quantitative estimate of drug-likeness (QED) is 0.349. The van der Waals surface area contributed by atoms with Gasteiger partial charge in [-0.3, -0.25) is 4.79 Å². The van der Waals surface area contributed by atoms with Gasteiger partial charge in [-0.1, -0.05) is 33.1 Å². The number of aromatic nitrogens is 2. The van der Waals surface area contributed by atoms with E-state index in [4.69, 9.17) is 16.2 Å². The van der Waals surface area contributed by atoms with Crippen molar-refractivity contribution in [2.24, 2.45) is 17.4 Å². The first kappa shape index (κ1) is 24.7. The third kappa shape index (κ3) is 5.97. The van der Waals surface area contributed by atoms with Crippen molar-refractivity contribution in [1.82, 2.24) is 9.97 Å². The number of benzene rings is 1. The molecule has 0 saturated heterocycles. The minimum absolute atomic E-state index is 0.0343. The molecule has 1 amide bonds. The van der Waals surface area contributed by atoms with Gasteiger partial charge in [0.2, 0.25) is 5.88 Å². The molecule has 2 heterocycles. The molecule has 35 heavy (non-hydrogen) atoms. The number of carbonyl (C=O) groups is 1. The van der Waals surface area contributed by atoms with E-state index in [-0.39, 0.29) is 29.3 Å². The molecule has 4 rings (SSSR count). The number of nitrogens with zero attached hydrogens (tertiary/aromatic N) is 2. The van der Waals surface area contributed by atoms with Gasteiger partial charge >= 0.3 is 0 Å². The molecule has 0 bridgehead atoms. The van der Waals surface area contributed by atoms with Crippen LogP contribution in [0.25, 0.3) is 10.9 Å². The van der Waals surface area contributed by atoms with Crippen molar-refractivity contribution in [1.29, 1.82) is 0 Å². The van der Waals surface area contributed by atoms with Crippen LogP contribution in [0, 0.1) is 11.7 Å². The highest BCUT2D eigenvalue weighted by Crippen LogP contribution is 2.28. The van der Waals surface area contributed by atoms with Gasteiger partial charge in [0.25, 0.3) is 5.91 Å². The Hall–Kier alpha value is -3.46. The second kappa shape index (κ2) is 10.9. The van der Waals surface area contributed by atoms with Gasteiger partial charge < -0.3 is 26.8 Å². The van der Waals surface area contributed by atoms with Crippen LogP contribution >= 0.6 is 0 Å². The molecule has 1 aliphatic rings. The fourth-order valence-corrected chi connectivity index (χ4v) is 4.13. The van der Waals surface area contributed by atoms with E-state index < -0.39 is 11.7 Å². The zero-order valence-corrected chi connectivity index (χ0v) is 20.2. The summed E-state index contributed by atoms with van der Waals surface area (Å²) in [6, 6.07) is 10.2. The van der Waals surface area contributed by atoms with Crippen LogP contribution in [-0.4, -0.2) is 34.6 Å². The van der Waals surface area contributed by atoms with Crippen LogP contribution < -0.4 is 26.8 Å². The van der Waals surface area contributed by atoms with Gasteiger partial charge in [0.1, 0.15) is 5.82 Å². The van der Waals surface area contributed by atoms with Gasteiger partial charge in [-0.25, -0.2) is 14.4 Å². The third-order valence-electron chi connectivity index (χ3n) is 6.52. The molecule has 6 N–H and O–H groups in total. The molecule has 1 aromatic carbocycles. The molecular formula is C26H33FN6O2. The Morgan fingerprint density at radius 2 is 1.97 bits per heavy atom. The molecule has 1 saturated carbocycles. The van der Waals surface area contributed by atoms with Crippen molar-refractivity contribution in [3.05, 3.63) is 47.8 Å². The standard InChI is InChI=1S/C26H33FN6O2/c1-3-15(2)14-35-23-11-8-16-12-17(9-10-21(16)31-23)30-25-18(24(29)34)13-19(27)26(33-25)32-22-7-5-4-6-20(22)28/h8-13,15,20,22H,3-7,14,28H2,1-2H3,(H2,29,34)(H2,30,32,33)/t15-,20?,22?/m0/s1. The lowest BCUT2D eigenvalue weighted by Gasteiger charge is -2.30. The number of nitrogens with one attached hydrogen (secondary N) is 2. The number of amides is 1. The number of ether oxygens (including phenoxy) is 1. The van der Waals surface area contributed by atoms with Gasteiger partial charge in [0.15, 0.2) is 11.6 Å². The minimum Gasteiger partial charge on any atom is -0.477 e. The lowest BCUT2D eigenvalue weighted by Crippen LogP contribution is -2.43.